The van der Waals surface area contributed by atoms with E-state index in [1.165, 1.54) is 12.1 Å². The molecule has 2 N–H and O–H groups in total. The predicted octanol–water partition coefficient (Wildman–Crippen LogP) is 1.84. The number of benzene rings is 1. The molecule has 2 rings (SSSR count). The van der Waals surface area contributed by atoms with Crippen molar-refractivity contribution in [1.82, 2.24) is 4.98 Å². The van der Waals surface area contributed by atoms with Gasteiger partial charge in [0.25, 0.3) is 0 Å². The highest BCUT2D eigenvalue weighted by atomic mass is 19.4. The van der Waals surface area contributed by atoms with Crippen LogP contribution >= 0.6 is 0 Å². The highest BCUT2D eigenvalue weighted by Crippen LogP contribution is 2.32. The Labute approximate surface area is 103 Å². The molecule has 6 nitrogen and oxygen atoms in total. The lowest BCUT2D eigenvalue weighted by Crippen LogP contribution is -2.17. The molecule has 1 heterocycles. The molecule has 1 aromatic heterocycles. The van der Waals surface area contributed by atoms with Crippen LogP contribution in [0.5, 0.6) is 5.75 Å². The number of halogens is 3. The Bertz CT molecular complexity index is 621. The average molecular weight is 277 g/mol. The molecule has 0 aliphatic heterocycles. The molecule has 0 saturated heterocycles. The molecule has 0 aliphatic rings. The third kappa shape index (κ3) is 2.76. The topological polar surface area (TPSA) is 92.8 Å². The van der Waals surface area contributed by atoms with Crippen molar-refractivity contribution in [2.24, 2.45) is 0 Å². The van der Waals surface area contributed by atoms with Gasteiger partial charge >= 0.3 is 12.3 Å². The number of aliphatic hydroxyl groups is 1. The van der Waals surface area contributed by atoms with Gasteiger partial charge in [-0.2, -0.15) is 0 Å². The molecule has 2 aromatic rings. The Hall–Kier alpha value is -2.29. The summed E-state index contributed by atoms with van der Waals surface area (Å²) < 4.78 is 44.9. The zero-order valence-electron chi connectivity index (χ0n) is 9.01. The predicted molar refractivity (Wildman–Crippen MR) is 53.3 cm³/mol. The second-order valence-electron chi connectivity index (χ2n) is 3.45. The number of alkyl halides is 3. The van der Waals surface area contributed by atoms with Crippen molar-refractivity contribution < 1.29 is 37.3 Å². The maximum Gasteiger partial charge on any atom is 0.573 e. The Kier molecular flexibility index (Phi) is 3.06. The van der Waals surface area contributed by atoms with Crippen molar-refractivity contribution >= 4 is 17.1 Å². The molecule has 0 fully saturated rings. The molecule has 9 heteroatoms. The second kappa shape index (κ2) is 4.43. The molecular weight excluding hydrogens is 271 g/mol. The molecular formula is C10H6F3NO5. The quantitative estimate of drug-likeness (QED) is 0.889. The number of aliphatic carboxylic acids is 1. The van der Waals surface area contributed by atoms with Crippen molar-refractivity contribution in [3.8, 4) is 5.75 Å². The summed E-state index contributed by atoms with van der Waals surface area (Å²) in [7, 11) is 0. The van der Waals surface area contributed by atoms with Crippen LogP contribution in [0.2, 0.25) is 0 Å². The summed E-state index contributed by atoms with van der Waals surface area (Å²) >= 11 is 0. The van der Waals surface area contributed by atoms with Crippen molar-refractivity contribution in [1.29, 1.82) is 0 Å². The zero-order valence-corrected chi connectivity index (χ0v) is 9.01. The molecule has 19 heavy (non-hydrogen) atoms. The van der Waals surface area contributed by atoms with Gasteiger partial charge in [-0.1, -0.05) is 6.07 Å². The van der Waals surface area contributed by atoms with Gasteiger partial charge < -0.3 is 19.4 Å². The summed E-state index contributed by atoms with van der Waals surface area (Å²) in [4.78, 5) is 14.1. The number of aromatic nitrogens is 1. The summed E-state index contributed by atoms with van der Waals surface area (Å²) in [5.41, 5.74) is -0.452. The van der Waals surface area contributed by atoms with E-state index in [0.717, 1.165) is 6.07 Å². The number of oxazole rings is 1. The average Bonchev–Trinajstić information content (AvgIpc) is 2.70. The SMILES string of the molecule is O=C(O)C(O)c1nc2cccc(OC(F)(F)F)c2o1. The number of nitrogens with zero attached hydrogens (tertiary/aromatic N) is 1. The highest BCUT2D eigenvalue weighted by Gasteiger charge is 2.33. The fourth-order valence-electron chi connectivity index (χ4n) is 1.37. The lowest BCUT2D eigenvalue weighted by atomic mass is 10.3. The molecule has 0 aliphatic carbocycles. The normalized spacial score (nSPS) is 13.5. The Morgan fingerprint density at radius 3 is 2.68 bits per heavy atom. The minimum atomic E-state index is -4.92. The highest BCUT2D eigenvalue weighted by molar-refractivity contribution is 5.81. The largest absolute Gasteiger partial charge is 0.573 e. The van der Waals surface area contributed by atoms with Gasteiger partial charge in [0.2, 0.25) is 12.0 Å². The van der Waals surface area contributed by atoms with E-state index in [-0.39, 0.29) is 5.52 Å². The smallest absolute Gasteiger partial charge is 0.479 e. The van der Waals surface area contributed by atoms with Crippen LogP contribution in [0.4, 0.5) is 13.2 Å². The summed E-state index contributed by atoms with van der Waals surface area (Å²) in [5, 5.41) is 17.8. The van der Waals surface area contributed by atoms with E-state index >= 15 is 0 Å². The van der Waals surface area contributed by atoms with Gasteiger partial charge in [-0.3, -0.25) is 0 Å². The Balaban J connectivity index is 2.48. The summed E-state index contributed by atoms with van der Waals surface area (Å²) in [5.74, 6) is -2.92. The number of ether oxygens (including phenoxy) is 1. The van der Waals surface area contributed by atoms with Crippen LogP contribution in [0.25, 0.3) is 11.1 Å². The van der Waals surface area contributed by atoms with E-state index in [1.54, 1.807) is 0 Å². The van der Waals surface area contributed by atoms with E-state index in [1.807, 2.05) is 0 Å². The van der Waals surface area contributed by atoms with Crippen LogP contribution in [0.1, 0.15) is 12.0 Å². The fraction of sp³-hybridized carbons (Fsp3) is 0.200. The van der Waals surface area contributed by atoms with Gasteiger partial charge in [-0.05, 0) is 12.1 Å². The van der Waals surface area contributed by atoms with Crippen LogP contribution in [0.3, 0.4) is 0 Å². The van der Waals surface area contributed by atoms with E-state index in [4.69, 9.17) is 9.52 Å². The first-order valence-electron chi connectivity index (χ1n) is 4.84. The Morgan fingerprint density at radius 1 is 1.42 bits per heavy atom. The van der Waals surface area contributed by atoms with Crippen LogP contribution in [0.15, 0.2) is 22.6 Å². The number of carboxylic acid groups (broad SMARTS) is 1. The number of hydrogen-bond donors (Lipinski definition) is 2. The fourth-order valence-corrected chi connectivity index (χ4v) is 1.37. The minimum Gasteiger partial charge on any atom is -0.479 e. The first-order chi connectivity index (χ1) is 8.78. The number of hydrogen-bond acceptors (Lipinski definition) is 5. The van der Waals surface area contributed by atoms with Gasteiger partial charge in [-0.15, -0.1) is 13.2 Å². The van der Waals surface area contributed by atoms with Crippen molar-refractivity contribution in [3.63, 3.8) is 0 Å². The molecule has 102 valence electrons. The van der Waals surface area contributed by atoms with Gasteiger partial charge in [-0.25, -0.2) is 9.78 Å². The van der Waals surface area contributed by atoms with Crippen LogP contribution in [-0.4, -0.2) is 27.5 Å². The molecule has 1 atom stereocenters. The van der Waals surface area contributed by atoms with Crippen molar-refractivity contribution in [2.45, 2.75) is 12.5 Å². The number of carboxylic acids is 1. The molecule has 0 saturated carbocycles. The molecule has 1 aromatic carbocycles. The van der Waals surface area contributed by atoms with E-state index in [2.05, 4.69) is 9.72 Å². The maximum atomic E-state index is 12.1. The zero-order chi connectivity index (χ0) is 14.2. The lowest BCUT2D eigenvalue weighted by molar-refractivity contribution is -0.274. The third-order valence-corrected chi connectivity index (χ3v) is 2.09. The number of para-hydroxylation sites is 1. The van der Waals surface area contributed by atoms with Crippen LogP contribution in [-0.2, 0) is 4.79 Å². The van der Waals surface area contributed by atoms with E-state index in [9.17, 15) is 23.1 Å². The molecule has 1 unspecified atom stereocenters. The number of fused-ring (bicyclic) bond motifs is 1. The number of carbonyl (C=O) groups is 1. The Morgan fingerprint density at radius 2 is 2.11 bits per heavy atom. The lowest BCUT2D eigenvalue weighted by Gasteiger charge is -2.08. The third-order valence-electron chi connectivity index (χ3n) is 2.09. The van der Waals surface area contributed by atoms with E-state index < -0.39 is 35.7 Å². The molecule has 0 spiro atoms. The minimum absolute atomic E-state index is 0.0583. The second-order valence-corrected chi connectivity index (χ2v) is 3.45. The first-order valence-corrected chi connectivity index (χ1v) is 4.84. The first kappa shape index (κ1) is 13.1. The summed E-state index contributed by atoms with van der Waals surface area (Å²) in [6.07, 6.45) is -6.99. The van der Waals surface area contributed by atoms with E-state index in [0.29, 0.717) is 0 Å². The van der Waals surface area contributed by atoms with Crippen molar-refractivity contribution in [3.05, 3.63) is 24.1 Å². The summed E-state index contributed by atoms with van der Waals surface area (Å²) in [6, 6.07) is 3.50. The monoisotopic (exact) mass is 277 g/mol. The van der Waals surface area contributed by atoms with Gasteiger partial charge in [0.15, 0.2) is 11.3 Å². The number of aliphatic hydroxyl groups excluding tert-OH is 1. The molecule has 0 amide bonds. The van der Waals surface area contributed by atoms with Gasteiger partial charge in [0.05, 0.1) is 0 Å². The van der Waals surface area contributed by atoms with Crippen LogP contribution < -0.4 is 4.74 Å². The molecule has 0 radical (unpaired) electrons. The van der Waals surface area contributed by atoms with Crippen LogP contribution in [0, 0.1) is 0 Å². The van der Waals surface area contributed by atoms with Crippen molar-refractivity contribution in [2.75, 3.05) is 0 Å². The maximum absolute atomic E-state index is 12.1. The number of rotatable bonds is 3. The van der Waals surface area contributed by atoms with Gasteiger partial charge in [0, 0.05) is 0 Å². The molecule has 0 bridgehead atoms. The van der Waals surface area contributed by atoms with Gasteiger partial charge in [0.1, 0.15) is 5.52 Å². The standard InChI is InChI=1S/C10H6F3NO5/c11-10(12,13)19-5-3-1-2-4-7(5)18-8(14-4)6(15)9(16)17/h1-3,6,15H,(H,16,17). The summed E-state index contributed by atoms with van der Waals surface area (Å²) in [6.45, 7) is 0.